The predicted molar refractivity (Wildman–Crippen MR) is 33.1 cm³/mol. The van der Waals surface area contributed by atoms with Gasteiger partial charge in [-0.25, -0.2) is 0 Å². The number of carbonyl (C=O) groups excluding carboxylic acids is 1. The van der Waals surface area contributed by atoms with E-state index in [2.05, 4.69) is 4.74 Å². The van der Waals surface area contributed by atoms with Crippen molar-refractivity contribution in [3.05, 3.63) is 0 Å². The van der Waals surface area contributed by atoms with Crippen LogP contribution < -0.4 is 0 Å². The van der Waals surface area contributed by atoms with E-state index in [1.54, 1.807) is 14.0 Å². The van der Waals surface area contributed by atoms with E-state index in [-0.39, 0.29) is 12.7 Å². The van der Waals surface area contributed by atoms with E-state index >= 15 is 0 Å². The minimum absolute atomic E-state index is 0.0276. The molecule has 0 amide bonds. The van der Waals surface area contributed by atoms with E-state index < -0.39 is 0 Å². The van der Waals surface area contributed by atoms with Crippen LogP contribution in [0.2, 0.25) is 0 Å². The van der Waals surface area contributed by atoms with Crippen LogP contribution in [-0.4, -0.2) is 26.8 Å². The van der Waals surface area contributed by atoms with Crippen LogP contribution in [0.4, 0.5) is 0 Å². The van der Waals surface area contributed by atoms with Crippen molar-refractivity contribution in [3.8, 4) is 0 Å². The van der Waals surface area contributed by atoms with Crippen molar-refractivity contribution in [1.29, 1.82) is 0 Å². The van der Waals surface area contributed by atoms with E-state index in [9.17, 15) is 4.79 Å². The summed E-state index contributed by atoms with van der Waals surface area (Å²) in [7, 11) is 1.55. The fraction of sp³-hybridized carbons (Fsp3) is 0.833. The van der Waals surface area contributed by atoms with Gasteiger partial charge in [-0.1, -0.05) is 6.92 Å². The zero-order valence-corrected chi connectivity index (χ0v) is 5.79. The van der Waals surface area contributed by atoms with E-state index in [1.807, 2.05) is 0 Å². The van der Waals surface area contributed by atoms with Gasteiger partial charge in [0.1, 0.15) is 13.1 Å². The highest BCUT2D eigenvalue weighted by Crippen LogP contribution is 1.89. The molecule has 1 atom stereocenters. The maximum absolute atomic E-state index is 9.98. The molecule has 1 unspecified atom stereocenters. The number of methoxy groups -OCH3 is 1. The first kappa shape index (κ1) is 8.59. The molecular weight excluding hydrogens is 120 g/mol. The highest BCUT2D eigenvalue weighted by Gasteiger charge is 1.96. The molecule has 54 valence electrons. The van der Waals surface area contributed by atoms with Gasteiger partial charge in [-0.05, 0) is 0 Å². The zero-order valence-electron chi connectivity index (χ0n) is 5.79. The Morgan fingerprint density at radius 1 is 1.67 bits per heavy atom. The maximum Gasteiger partial charge on any atom is 0.146 e. The van der Waals surface area contributed by atoms with Gasteiger partial charge in [0.25, 0.3) is 0 Å². The average Bonchev–Trinajstić information content (AvgIpc) is 1.89. The SMILES string of the molecule is COCOCC(C)C=O. The van der Waals surface area contributed by atoms with Crippen LogP contribution in [0.5, 0.6) is 0 Å². The maximum atomic E-state index is 9.98. The Labute approximate surface area is 55.0 Å². The Hall–Kier alpha value is -0.410. The van der Waals surface area contributed by atoms with Crippen LogP contribution in [0.3, 0.4) is 0 Å². The lowest BCUT2D eigenvalue weighted by atomic mass is 10.2. The number of hydrogen-bond donors (Lipinski definition) is 0. The standard InChI is InChI=1S/C6H12O3/c1-6(3-7)4-9-5-8-2/h3,6H,4-5H2,1-2H3. The largest absolute Gasteiger partial charge is 0.359 e. The molecule has 9 heavy (non-hydrogen) atoms. The van der Waals surface area contributed by atoms with Crippen molar-refractivity contribution in [2.24, 2.45) is 5.92 Å². The van der Waals surface area contributed by atoms with Crippen LogP contribution in [0.1, 0.15) is 6.92 Å². The Balaban J connectivity index is 2.96. The van der Waals surface area contributed by atoms with E-state index in [0.29, 0.717) is 6.61 Å². The van der Waals surface area contributed by atoms with Gasteiger partial charge >= 0.3 is 0 Å². The van der Waals surface area contributed by atoms with Crippen molar-refractivity contribution in [2.75, 3.05) is 20.5 Å². The third kappa shape index (κ3) is 5.46. The summed E-state index contributed by atoms with van der Waals surface area (Å²) in [4.78, 5) is 9.98. The highest BCUT2D eigenvalue weighted by atomic mass is 16.7. The van der Waals surface area contributed by atoms with Crippen LogP contribution in [0.15, 0.2) is 0 Å². The van der Waals surface area contributed by atoms with Crippen LogP contribution in [0, 0.1) is 5.92 Å². The molecule has 0 aromatic heterocycles. The average molecular weight is 132 g/mol. The second kappa shape index (κ2) is 5.72. The number of ether oxygens (including phenoxy) is 2. The lowest BCUT2D eigenvalue weighted by molar-refractivity contribution is -0.114. The molecule has 0 radical (unpaired) electrons. The topological polar surface area (TPSA) is 35.5 Å². The molecule has 0 aliphatic carbocycles. The molecule has 0 spiro atoms. The second-order valence-electron chi connectivity index (χ2n) is 1.89. The molecule has 0 saturated carbocycles. The number of rotatable bonds is 5. The molecule has 0 aromatic rings. The Kier molecular flexibility index (Phi) is 5.46. The zero-order chi connectivity index (χ0) is 7.11. The molecule has 3 heteroatoms. The molecule has 0 bridgehead atoms. The molecule has 0 aliphatic rings. The summed E-state index contributed by atoms with van der Waals surface area (Å²) in [6, 6.07) is 0. The minimum Gasteiger partial charge on any atom is -0.359 e. The van der Waals surface area contributed by atoms with Crippen molar-refractivity contribution in [2.45, 2.75) is 6.92 Å². The highest BCUT2D eigenvalue weighted by molar-refractivity contribution is 5.52. The molecule has 0 N–H and O–H groups in total. The summed E-state index contributed by atoms with van der Waals surface area (Å²) >= 11 is 0. The van der Waals surface area contributed by atoms with Gasteiger partial charge in [0.15, 0.2) is 0 Å². The smallest absolute Gasteiger partial charge is 0.146 e. The second-order valence-corrected chi connectivity index (χ2v) is 1.89. The predicted octanol–water partition coefficient (Wildman–Crippen LogP) is 0.442. The van der Waals surface area contributed by atoms with Crippen molar-refractivity contribution in [1.82, 2.24) is 0 Å². The van der Waals surface area contributed by atoms with Gasteiger partial charge in [-0.3, -0.25) is 0 Å². The lowest BCUT2D eigenvalue weighted by Gasteiger charge is -2.02. The quantitative estimate of drug-likeness (QED) is 0.309. The van der Waals surface area contributed by atoms with Crippen molar-refractivity contribution < 1.29 is 14.3 Å². The van der Waals surface area contributed by atoms with Crippen LogP contribution >= 0.6 is 0 Å². The van der Waals surface area contributed by atoms with Gasteiger partial charge in [0.05, 0.1) is 6.61 Å². The number of hydrogen-bond acceptors (Lipinski definition) is 3. The van der Waals surface area contributed by atoms with Gasteiger partial charge in [0.2, 0.25) is 0 Å². The molecule has 0 aliphatic heterocycles. The first-order valence-electron chi connectivity index (χ1n) is 2.83. The van der Waals surface area contributed by atoms with E-state index in [0.717, 1.165) is 6.29 Å². The van der Waals surface area contributed by atoms with Crippen LogP contribution in [0.25, 0.3) is 0 Å². The monoisotopic (exact) mass is 132 g/mol. The van der Waals surface area contributed by atoms with Gasteiger partial charge in [0, 0.05) is 13.0 Å². The molecule has 0 aromatic carbocycles. The Morgan fingerprint density at radius 2 is 2.33 bits per heavy atom. The molecule has 0 fully saturated rings. The fourth-order valence-corrected chi connectivity index (χ4v) is 0.357. The van der Waals surface area contributed by atoms with Gasteiger partial charge < -0.3 is 14.3 Å². The summed E-state index contributed by atoms with van der Waals surface area (Å²) in [5, 5.41) is 0. The summed E-state index contributed by atoms with van der Waals surface area (Å²) in [6.07, 6.45) is 0.857. The third-order valence-electron chi connectivity index (χ3n) is 0.814. The van der Waals surface area contributed by atoms with Crippen LogP contribution in [-0.2, 0) is 14.3 Å². The first-order valence-corrected chi connectivity index (χ1v) is 2.83. The summed E-state index contributed by atoms with van der Waals surface area (Å²) < 4.78 is 9.48. The summed E-state index contributed by atoms with van der Waals surface area (Å²) in [5.41, 5.74) is 0. The minimum atomic E-state index is -0.0276. The number of carbonyl (C=O) groups is 1. The van der Waals surface area contributed by atoms with Crippen molar-refractivity contribution in [3.63, 3.8) is 0 Å². The van der Waals surface area contributed by atoms with Gasteiger partial charge in [-0.2, -0.15) is 0 Å². The van der Waals surface area contributed by atoms with E-state index in [4.69, 9.17) is 4.74 Å². The van der Waals surface area contributed by atoms with Crippen molar-refractivity contribution >= 4 is 6.29 Å². The third-order valence-corrected chi connectivity index (χ3v) is 0.814. The van der Waals surface area contributed by atoms with E-state index in [1.165, 1.54) is 0 Å². The Bertz CT molecular complexity index is 72.7. The molecule has 0 rings (SSSR count). The molecule has 0 saturated heterocycles. The Morgan fingerprint density at radius 3 is 2.78 bits per heavy atom. The summed E-state index contributed by atoms with van der Waals surface area (Å²) in [5.74, 6) is -0.0276. The number of aldehydes is 1. The first-order chi connectivity index (χ1) is 4.31. The summed E-state index contributed by atoms with van der Waals surface area (Å²) in [6.45, 7) is 2.50. The van der Waals surface area contributed by atoms with Gasteiger partial charge in [-0.15, -0.1) is 0 Å². The fourth-order valence-electron chi connectivity index (χ4n) is 0.357. The normalized spacial score (nSPS) is 13.1. The molecule has 0 heterocycles. The molecule has 3 nitrogen and oxygen atoms in total. The molecular formula is C6H12O3. The lowest BCUT2D eigenvalue weighted by Crippen LogP contribution is -2.08.